The highest BCUT2D eigenvalue weighted by atomic mass is 32.1. The molecule has 2 aromatic heterocycles. The quantitative estimate of drug-likeness (QED) is 0.688. The Bertz CT molecular complexity index is 885. The minimum atomic E-state index is 0.712. The van der Waals surface area contributed by atoms with Gasteiger partial charge in [-0.25, -0.2) is 4.68 Å². The highest BCUT2D eigenvalue weighted by Gasteiger charge is 2.07. The Labute approximate surface area is 138 Å². The largest absolute Gasteiger partial charge is 0.497 e. The van der Waals surface area contributed by atoms with E-state index in [0.29, 0.717) is 5.76 Å². The maximum Gasteiger partial charge on any atom is 0.205 e. The van der Waals surface area contributed by atoms with Crippen LogP contribution in [0.5, 0.6) is 5.75 Å². The van der Waals surface area contributed by atoms with E-state index in [2.05, 4.69) is 10.1 Å². The number of aryl methyl sites for hydroxylation is 1. The third kappa shape index (κ3) is 3.27. The number of benzene rings is 1. The number of furan rings is 1. The Kier molecular flexibility index (Phi) is 4.43. The van der Waals surface area contributed by atoms with Crippen LogP contribution in [0.3, 0.4) is 0 Å². The fraction of sp³-hybridized carbons (Fsp3) is 0.176. The van der Waals surface area contributed by atoms with Crippen LogP contribution >= 0.6 is 11.3 Å². The van der Waals surface area contributed by atoms with Gasteiger partial charge < -0.3 is 9.15 Å². The minimum absolute atomic E-state index is 0.712. The van der Waals surface area contributed by atoms with Gasteiger partial charge in [0.1, 0.15) is 17.3 Å². The lowest BCUT2D eigenvalue weighted by atomic mass is 10.2. The highest BCUT2D eigenvalue weighted by molar-refractivity contribution is 7.07. The van der Waals surface area contributed by atoms with Gasteiger partial charge in [0.2, 0.25) is 4.80 Å². The predicted octanol–water partition coefficient (Wildman–Crippen LogP) is 3.54. The molecule has 3 aromatic rings. The standard InChI is InChI=1S/C17H17N3O2S/c1-12-4-7-15(22-12)10-19-20-16(11-23-17(20)18-2)13-5-8-14(21-3)9-6-13/h4-11H,1-3H3. The second kappa shape index (κ2) is 6.66. The molecule has 6 heteroatoms. The molecule has 0 radical (unpaired) electrons. The van der Waals surface area contributed by atoms with Gasteiger partial charge in [0, 0.05) is 18.0 Å². The number of hydrogen-bond acceptors (Lipinski definition) is 5. The van der Waals surface area contributed by atoms with Gasteiger partial charge in [-0.15, -0.1) is 11.3 Å². The van der Waals surface area contributed by atoms with Gasteiger partial charge in [-0.3, -0.25) is 4.99 Å². The molecule has 1 aromatic carbocycles. The molecule has 0 spiro atoms. The van der Waals surface area contributed by atoms with E-state index in [1.807, 2.05) is 53.4 Å². The maximum absolute atomic E-state index is 5.52. The van der Waals surface area contributed by atoms with Gasteiger partial charge in [-0.1, -0.05) is 0 Å². The second-order valence-electron chi connectivity index (χ2n) is 4.86. The topological polar surface area (TPSA) is 52.0 Å². The van der Waals surface area contributed by atoms with Crippen LogP contribution in [0.1, 0.15) is 11.5 Å². The lowest BCUT2D eigenvalue weighted by Crippen LogP contribution is -2.11. The average molecular weight is 327 g/mol. The third-order valence-electron chi connectivity index (χ3n) is 3.32. The molecule has 0 atom stereocenters. The Morgan fingerprint density at radius 3 is 2.57 bits per heavy atom. The van der Waals surface area contributed by atoms with Gasteiger partial charge in [-0.05, 0) is 43.3 Å². The average Bonchev–Trinajstić information content (AvgIpc) is 3.18. The Balaban J connectivity index is 2.01. The van der Waals surface area contributed by atoms with Crippen molar-refractivity contribution < 1.29 is 9.15 Å². The normalized spacial score (nSPS) is 12.2. The van der Waals surface area contributed by atoms with Crippen LogP contribution in [0.25, 0.3) is 11.3 Å². The van der Waals surface area contributed by atoms with Crippen LogP contribution in [-0.2, 0) is 0 Å². The van der Waals surface area contributed by atoms with E-state index >= 15 is 0 Å². The smallest absolute Gasteiger partial charge is 0.205 e. The number of nitrogens with zero attached hydrogens (tertiary/aromatic N) is 3. The zero-order valence-electron chi connectivity index (χ0n) is 13.2. The summed E-state index contributed by atoms with van der Waals surface area (Å²) in [5, 5.41) is 6.56. The minimum Gasteiger partial charge on any atom is -0.497 e. The maximum atomic E-state index is 5.52. The first-order valence-electron chi connectivity index (χ1n) is 7.10. The van der Waals surface area contributed by atoms with Gasteiger partial charge >= 0.3 is 0 Å². The molecule has 0 aliphatic rings. The summed E-state index contributed by atoms with van der Waals surface area (Å²) in [5.74, 6) is 2.40. The van der Waals surface area contributed by atoms with Crippen LogP contribution in [0.2, 0.25) is 0 Å². The van der Waals surface area contributed by atoms with E-state index in [-0.39, 0.29) is 0 Å². The zero-order chi connectivity index (χ0) is 16.2. The van der Waals surface area contributed by atoms with Crippen molar-refractivity contribution in [2.24, 2.45) is 10.1 Å². The van der Waals surface area contributed by atoms with Gasteiger partial charge in [0.05, 0.1) is 19.0 Å². The number of rotatable bonds is 4. The molecule has 0 N–H and O–H groups in total. The van der Waals surface area contributed by atoms with Crippen molar-refractivity contribution in [2.75, 3.05) is 14.2 Å². The van der Waals surface area contributed by atoms with Crippen molar-refractivity contribution in [1.82, 2.24) is 4.68 Å². The first-order chi connectivity index (χ1) is 11.2. The predicted molar refractivity (Wildman–Crippen MR) is 92.2 cm³/mol. The van der Waals surface area contributed by atoms with E-state index in [0.717, 1.165) is 27.6 Å². The molecule has 0 amide bonds. The fourth-order valence-electron chi connectivity index (χ4n) is 2.16. The molecule has 0 aliphatic carbocycles. The van der Waals surface area contributed by atoms with E-state index in [1.54, 1.807) is 31.7 Å². The molecule has 0 aliphatic heterocycles. The lowest BCUT2D eigenvalue weighted by molar-refractivity contribution is 0.415. The molecule has 5 nitrogen and oxygen atoms in total. The lowest BCUT2D eigenvalue weighted by Gasteiger charge is -2.04. The summed E-state index contributed by atoms with van der Waals surface area (Å²) in [6.45, 7) is 1.91. The number of hydrogen-bond donors (Lipinski definition) is 0. The van der Waals surface area contributed by atoms with Crippen molar-refractivity contribution in [1.29, 1.82) is 0 Å². The molecule has 118 valence electrons. The molecule has 3 rings (SSSR count). The first kappa shape index (κ1) is 15.3. The van der Waals surface area contributed by atoms with E-state index in [4.69, 9.17) is 9.15 Å². The van der Waals surface area contributed by atoms with Crippen molar-refractivity contribution in [2.45, 2.75) is 6.92 Å². The van der Waals surface area contributed by atoms with Gasteiger partial charge in [0.15, 0.2) is 0 Å². The Morgan fingerprint density at radius 2 is 1.96 bits per heavy atom. The Hall–Kier alpha value is -2.60. The van der Waals surface area contributed by atoms with E-state index < -0.39 is 0 Å². The molecule has 2 heterocycles. The van der Waals surface area contributed by atoms with Crippen molar-refractivity contribution in [3.8, 4) is 17.0 Å². The van der Waals surface area contributed by atoms with E-state index in [9.17, 15) is 0 Å². The van der Waals surface area contributed by atoms with Crippen LogP contribution in [-0.4, -0.2) is 25.0 Å². The second-order valence-corrected chi connectivity index (χ2v) is 5.70. The summed E-state index contributed by atoms with van der Waals surface area (Å²) in [7, 11) is 3.41. The molecule has 23 heavy (non-hydrogen) atoms. The van der Waals surface area contributed by atoms with Gasteiger partial charge in [0.25, 0.3) is 0 Å². The van der Waals surface area contributed by atoms with Crippen LogP contribution in [0, 0.1) is 6.92 Å². The number of thiazole rings is 1. The SMILES string of the molecule is CN=c1scc(-c2ccc(OC)cc2)n1N=Cc1ccc(C)o1. The third-order valence-corrected chi connectivity index (χ3v) is 4.23. The van der Waals surface area contributed by atoms with Crippen LogP contribution < -0.4 is 9.54 Å². The molecular weight excluding hydrogens is 310 g/mol. The summed E-state index contributed by atoms with van der Waals surface area (Å²) in [5.41, 5.74) is 2.02. The van der Waals surface area contributed by atoms with Gasteiger partial charge in [-0.2, -0.15) is 5.10 Å². The molecule has 0 bridgehead atoms. The highest BCUT2D eigenvalue weighted by Crippen LogP contribution is 2.23. The summed E-state index contributed by atoms with van der Waals surface area (Å²) < 4.78 is 12.5. The van der Waals surface area contributed by atoms with E-state index in [1.165, 1.54) is 0 Å². The van der Waals surface area contributed by atoms with Crippen LogP contribution in [0.15, 0.2) is 56.3 Å². The zero-order valence-corrected chi connectivity index (χ0v) is 14.0. The first-order valence-corrected chi connectivity index (χ1v) is 7.98. The van der Waals surface area contributed by atoms with Crippen molar-refractivity contribution in [3.05, 3.63) is 58.1 Å². The number of aromatic nitrogens is 1. The summed E-state index contributed by atoms with van der Waals surface area (Å²) in [6.07, 6.45) is 1.70. The fourth-order valence-corrected chi connectivity index (χ4v) is 2.96. The Morgan fingerprint density at radius 1 is 1.17 bits per heavy atom. The molecule has 0 unspecified atom stereocenters. The number of ether oxygens (including phenoxy) is 1. The van der Waals surface area contributed by atoms with Crippen molar-refractivity contribution in [3.63, 3.8) is 0 Å². The monoisotopic (exact) mass is 327 g/mol. The summed E-state index contributed by atoms with van der Waals surface area (Å²) >= 11 is 1.54. The van der Waals surface area contributed by atoms with Crippen LogP contribution in [0.4, 0.5) is 0 Å². The molecule has 0 saturated heterocycles. The molecule has 0 fully saturated rings. The summed E-state index contributed by atoms with van der Waals surface area (Å²) in [4.78, 5) is 5.10. The number of methoxy groups -OCH3 is 1. The molecule has 0 saturated carbocycles. The van der Waals surface area contributed by atoms with Crippen molar-refractivity contribution >= 4 is 17.6 Å². The molecular formula is C17H17N3O2S. The summed E-state index contributed by atoms with van der Waals surface area (Å²) in [6, 6.07) is 11.7.